The average molecular weight is 349 g/mol. The molecular formula is C22H23NO3. The maximum absolute atomic E-state index is 13.0. The summed E-state index contributed by atoms with van der Waals surface area (Å²) < 4.78 is 11.0. The molecule has 2 aromatic rings. The zero-order valence-electron chi connectivity index (χ0n) is 14.8. The molecule has 0 bridgehead atoms. The molecular weight excluding hydrogens is 326 g/mol. The van der Waals surface area contributed by atoms with Crippen LogP contribution in [0.15, 0.2) is 42.5 Å². The van der Waals surface area contributed by atoms with Crippen molar-refractivity contribution in [2.45, 2.75) is 38.1 Å². The second-order valence-electron chi connectivity index (χ2n) is 7.60. The number of hydrogen-bond acceptors (Lipinski definition) is 3. The second kappa shape index (κ2) is 6.35. The molecule has 1 amide bonds. The average Bonchev–Trinajstić information content (AvgIpc) is 3.42. The van der Waals surface area contributed by atoms with Gasteiger partial charge in [0, 0.05) is 19.5 Å². The van der Waals surface area contributed by atoms with Crippen LogP contribution in [0.4, 0.5) is 0 Å². The molecule has 5 rings (SSSR count). The van der Waals surface area contributed by atoms with Gasteiger partial charge in [0.25, 0.3) is 0 Å². The quantitative estimate of drug-likeness (QED) is 0.841. The summed E-state index contributed by atoms with van der Waals surface area (Å²) in [5, 5.41) is 0. The van der Waals surface area contributed by atoms with Crippen molar-refractivity contribution in [1.82, 2.24) is 4.90 Å². The topological polar surface area (TPSA) is 38.8 Å². The Morgan fingerprint density at radius 3 is 2.54 bits per heavy atom. The van der Waals surface area contributed by atoms with Gasteiger partial charge in [-0.1, -0.05) is 30.3 Å². The first-order chi connectivity index (χ1) is 12.8. The van der Waals surface area contributed by atoms with E-state index in [1.807, 2.05) is 17.0 Å². The summed E-state index contributed by atoms with van der Waals surface area (Å²) >= 11 is 0. The number of rotatable bonds is 4. The molecule has 4 nitrogen and oxygen atoms in total. The van der Waals surface area contributed by atoms with Crippen LogP contribution in [0.2, 0.25) is 0 Å². The Morgan fingerprint density at radius 1 is 1.08 bits per heavy atom. The van der Waals surface area contributed by atoms with E-state index in [4.69, 9.17) is 9.47 Å². The van der Waals surface area contributed by atoms with Gasteiger partial charge < -0.3 is 14.4 Å². The van der Waals surface area contributed by atoms with Crippen LogP contribution >= 0.6 is 0 Å². The zero-order chi connectivity index (χ0) is 17.5. The monoisotopic (exact) mass is 349 g/mol. The number of carbonyl (C=O) groups is 1. The van der Waals surface area contributed by atoms with Gasteiger partial charge in [-0.15, -0.1) is 0 Å². The van der Waals surface area contributed by atoms with Crippen molar-refractivity contribution < 1.29 is 14.3 Å². The first kappa shape index (κ1) is 15.7. The van der Waals surface area contributed by atoms with Gasteiger partial charge in [-0.2, -0.15) is 0 Å². The smallest absolute Gasteiger partial charge is 0.231 e. The minimum Gasteiger partial charge on any atom is -0.454 e. The van der Waals surface area contributed by atoms with Crippen LogP contribution in [-0.4, -0.2) is 24.1 Å². The van der Waals surface area contributed by atoms with Crippen molar-refractivity contribution in [2.75, 3.05) is 13.3 Å². The third-order valence-corrected chi connectivity index (χ3v) is 5.87. The van der Waals surface area contributed by atoms with Gasteiger partial charge in [-0.05, 0) is 59.9 Å². The van der Waals surface area contributed by atoms with E-state index in [1.54, 1.807) is 0 Å². The van der Waals surface area contributed by atoms with Crippen LogP contribution < -0.4 is 9.47 Å². The Labute approximate surface area is 153 Å². The molecule has 26 heavy (non-hydrogen) atoms. The normalized spacial score (nSPS) is 19.2. The van der Waals surface area contributed by atoms with Crippen LogP contribution in [0.25, 0.3) is 0 Å². The molecule has 1 unspecified atom stereocenters. The first-order valence-corrected chi connectivity index (χ1v) is 9.52. The molecule has 0 saturated heterocycles. The molecule has 1 saturated carbocycles. The lowest BCUT2D eigenvalue weighted by atomic mass is 9.90. The number of amides is 1. The molecule has 2 aromatic carbocycles. The largest absolute Gasteiger partial charge is 0.454 e. The molecule has 0 aromatic heterocycles. The predicted octanol–water partition coefficient (Wildman–Crippen LogP) is 3.88. The molecule has 0 spiro atoms. The molecule has 4 heteroatoms. The lowest BCUT2D eigenvalue weighted by Crippen LogP contribution is -2.36. The lowest BCUT2D eigenvalue weighted by Gasteiger charge is -2.30. The van der Waals surface area contributed by atoms with Gasteiger partial charge in [0.15, 0.2) is 11.5 Å². The summed E-state index contributed by atoms with van der Waals surface area (Å²) in [6.07, 6.45) is 4.00. The number of benzene rings is 2. The Hall–Kier alpha value is -2.49. The number of carbonyl (C=O) groups excluding carboxylic acids is 1. The molecule has 2 aliphatic heterocycles. The Kier molecular flexibility index (Phi) is 3.84. The second-order valence-corrected chi connectivity index (χ2v) is 7.60. The lowest BCUT2D eigenvalue weighted by molar-refractivity contribution is -0.132. The molecule has 0 radical (unpaired) electrons. The summed E-state index contributed by atoms with van der Waals surface area (Å²) in [7, 11) is 0. The van der Waals surface area contributed by atoms with Crippen molar-refractivity contribution in [1.29, 1.82) is 0 Å². The third-order valence-electron chi connectivity index (χ3n) is 5.87. The molecule has 134 valence electrons. The third kappa shape index (κ3) is 2.94. The maximum Gasteiger partial charge on any atom is 0.231 e. The highest BCUT2D eigenvalue weighted by Gasteiger charge is 2.35. The van der Waals surface area contributed by atoms with Crippen LogP contribution in [0, 0.1) is 5.92 Å². The highest BCUT2D eigenvalue weighted by molar-refractivity contribution is 5.77. The molecule has 0 N–H and O–H groups in total. The van der Waals surface area contributed by atoms with Gasteiger partial charge >= 0.3 is 0 Å². The van der Waals surface area contributed by atoms with E-state index in [0.29, 0.717) is 31.6 Å². The van der Waals surface area contributed by atoms with Crippen molar-refractivity contribution in [3.63, 3.8) is 0 Å². The maximum atomic E-state index is 13.0. The number of hydrogen-bond donors (Lipinski definition) is 0. The summed E-state index contributed by atoms with van der Waals surface area (Å²) in [5.74, 6) is 2.95. The molecule has 3 aliphatic rings. The van der Waals surface area contributed by atoms with Crippen LogP contribution in [0.5, 0.6) is 11.5 Å². The van der Waals surface area contributed by atoms with E-state index in [2.05, 4.69) is 30.3 Å². The molecule has 1 atom stereocenters. The fourth-order valence-corrected chi connectivity index (χ4v) is 4.23. The van der Waals surface area contributed by atoms with Gasteiger partial charge in [0.2, 0.25) is 12.7 Å². The van der Waals surface area contributed by atoms with E-state index in [-0.39, 0.29) is 5.91 Å². The summed E-state index contributed by atoms with van der Waals surface area (Å²) in [6.45, 7) is 1.76. The number of fused-ring (bicyclic) bond motifs is 2. The predicted molar refractivity (Wildman–Crippen MR) is 98.2 cm³/mol. The van der Waals surface area contributed by atoms with Crippen molar-refractivity contribution in [3.8, 4) is 11.5 Å². The highest BCUT2D eigenvalue weighted by Crippen LogP contribution is 2.45. The fraction of sp³-hybridized carbons (Fsp3) is 0.409. The minimum atomic E-state index is 0.272. The first-order valence-electron chi connectivity index (χ1n) is 9.52. The van der Waals surface area contributed by atoms with E-state index in [1.165, 1.54) is 29.5 Å². The Morgan fingerprint density at radius 2 is 1.81 bits per heavy atom. The molecule has 1 fully saturated rings. The van der Waals surface area contributed by atoms with Gasteiger partial charge in [0.05, 0.1) is 0 Å². The standard InChI is InChI=1S/C22H23NO3/c24-22(12-19(16-6-7-16)15-4-2-1-3-5-15)23-9-8-17-10-20-21(26-14-25-20)11-18(17)13-23/h1-5,10-11,16,19H,6-9,12-14H2. The van der Waals surface area contributed by atoms with E-state index in [0.717, 1.165) is 24.5 Å². The molecule has 1 aliphatic carbocycles. The fourth-order valence-electron chi connectivity index (χ4n) is 4.23. The zero-order valence-corrected chi connectivity index (χ0v) is 14.8. The summed E-state index contributed by atoms with van der Waals surface area (Å²) in [5.41, 5.74) is 3.78. The van der Waals surface area contributed by atoms with Crippen LogP contribution in [0.3, 0.4) is 0 Å². The molecule has 2 heterocycles. The van der Waals surface area contributed by atoms with Gasteiger partial charge in [-0.3, -0.25) is 4.79 Å². The Balaban J connectivity index is 1.32. The van der Waals surface area contributed by atoms with Crippen molar-refractivity contribution in [3.05, 3.63) is 59.2 Å². The minimum absolute atomic E-state index is 0.272. The van der Waals surface area contributed by atoms with Crippen molar-refractivity contribution >= 4 is 5.91 Å². The van der Waals surface area contributed by atoms with Gasteiger partial charge in [0.1, 0.15) is 0 Å². The number of ether oxygens (including phenoxy) is 2. The summed E-state index contributed by atoms with van der Waals surface area (Å²) in [6, 6.07) is 14.7. The highest BCUT2D eigenvalue weighted by atomic mass is 16.7. The van der Waals surface area contributed by atoms with Gasteiger partial charge in [-0.25, -0.2) is 0 Å². The SMILES string of the molecule is O=C(CC(c1ccccc1)C1CC1)N1CCc2cc3c(cc2C1)OCO3. The Bertz CT molecular complexity index is 829. The number of nitrogens with zero attached hydrogens (tertiary/aromatic N) is 1. The van der Waals surface area contributed by atoms with E-state index < -0.39 is 0 Å². The van der Waals surface area contributed by atoms with Crippen LogP contribution in [0.1, 0.15) is 41.9 Å². The summed E-state index contributed by atoms with van der Waals surface area (Å²) in [4.78, 5) is 15.0. The van der Waals surface area contributed by atoms with Crippen molar-refractivity contribution in [2.24, 2.45) is 5.92 Å². The van der Waals surface area contributed by atoms with E-state index >= 15 is 0 Å². The van der Waals surface area contributed by atoms with Crippen LogP contribution in [-0.2, 0) is 17.8 Å². The van der Waals surface area contributed by atoms with E-state index in [9.17, 15) is 4.79 Å².